The van der Waals surface area contributed by atoms with Crippen LogP contribution in [0.5, 0.6) is 5.75 Å². The minimum Gasteiger partial charge on any atom is -0.495 e. The topological polar surface area (TPSA) is 143 Å². The Balaban J connectivity index is 1.61. The Morgan fingerprint density at radius 1 is 1.10 bits per heavy atom. The number of hydrogen-bond donors (Lipinski definition) is 2. The number of carbonyl (C=O) groups is 1. The number of amides is 1. The number of aromatic nitrogens is 6. The molecule has 0 saturated heterocycles. The van der Waals surface area contributed by atoms with Gasteiger partial charge in [0.15, 0.2) is 5.82 Å². The number of nitrogens with one attached hydrogen (secondary N) is 1. The lowest BCUT2D eigenvalue weighted by atomic mass is 10.0. The largest absolute Gasteiger partial charge is 0.495 e. The van der Waals surface area contributed by atoms with Crippen molar-refractivity contribution in [1.29, 1.82) is 0 Å². The number of aryl methyl sites for hydroxylation is 1. The molecule has 2 aromatic carbocycles. The molecule has 0 aliphatic carbocycles. The lowest BCUT2D eigenvalue weighted by molar-refractivity contribution is -0.119. The molecule has 40 heavy (non-hydrogen) atoms. The van der Waals surface area contributed by atoms with Gasteiger partial charge in [0, 0.05) is 34.3 Å². The Morgan fingerprint density at radius 2 is 1.90 bits per heavy atom. The van der Waals surface area contributed by atoms with Gasteiger partial charge >= 0.3 is 0 Å². The van der Waals surface area contributed by atoms with E-state index in [0.717, 1.165) is 5.56 Å². The standard InChI is InChI=1S/C28H25ClN8O3/c1-17-8-10-22(30)27(32-17)33-28(39)24(12-18-6-4-3-5-7-18)36-15-25(40-2)21(14-26(36)38)20-13-19(29)9-11-23(20)37-16-31-34-35-37/h3-11,13-16,24H,12,30H2,1-2H3,(H,32,33,39). The van der Waals surface area contributed by atoms with Gasteiger partial charge in [0.25, 0.3) is 5.56 Å². The summed E-state index contributed by atoms with van der Waals surface area (Å²) in [5.41, 5.74) is 9.11. The molecule has 0 bridgehead atoms. The number of benzene rings is 2. The number of carbonyl (C=O) groups excluding carboxylic acids is 1. The number of hydrogen-bond acceptors (Lipinski definition) is 8. The zero-order valence-corrected chi connectivity index (χ0v) is 22.4. The van der Waals surface area contributed by atoms with E-state index in [1.807, 2.05) is 30.3 Å². The molecule has 0 saturated carbocycles. The van der Waals surface area contributed by atoms with Crippen LogP contribution in [0.3, 0.4) is 0 Å². The van der Waals surface area contributed by atoms with Crippen molar-refractivity contribution in [1.82, 2.24) is 29.8 Å². The van der Waals surface area contributed by atoms with Gasteiger partial charge in [-0.15, -0.1) is 5.10 Å². The molecule has 202 valence electrons. The summed E-state index contributed by atoms with van der Waals surface area (Å²) in [6, 6.07) is 18.4. The van der Waals surface area contributed by atoms with Gasteiger partial charge in [0.2, 0.25) is 5.91 Å². The maximum Gasteiger partial charge on any atom is 0.252 e. The van der Waals surface area contributed by atoms with E-state index in [1.165, 1.54) is 34.9 Å². The van der Waals surface area contributed by atoms with Gasteiger partial charge in [0.1, 0.15) is 18.1 Å². The first-order valence-electron chi connectivity index (χ1n) is 12.3. The zero-order chi connectivity index (χ0) is 28.2. The van der Waals surface area contributed by atoms with Crippen molar-refractivity contribution in [3.05, 3.63) is 106 Å². The molecule has 3 N–H and O–H groups in total. The van der Waals surface area contributed by atoms with Crippen LogP contribution in [-0.4, -0.2) is 42.8 Å². The second kappa shape index (κ2) is 11.4. The third-order valence-corrected chi connectivity index (χ3v) is 6.56. The second-order valence-corrected chi connectivity index (χ2v) is 9.44. The Bertz CT molecular complexity index is 1720. The van der Waals surface area contributed by atoms with Crippen molar-refractivity contribution in [3.63, 3.8) is 0 Å². The van der Waals surface area contributed by atoms with Gasteiger partial charge in [-0.05, 0) is 53.2 Å². The number of anilines is 2. The van der Waals surface area contributed by atoms with Crippen molar-refractivity contribution in [2.45, 2.75) is 19.4 Å². The summed E-state index contributed by atoms with van der Waals surface area (Å²) < 4.78 is 8.52. The molecule has 5 aromatic rings. The smallest absolute Gasteiger partial charge is 0.252 e. The van der Waals surface area contributed by atoms with Crippen LogP contribution in [0.25, 0.3) is 16.8 Å². The van der Waals surface area contributed by atoms with Crippen LogP contribution in [0.1, 0.15) is 17.3 Å². The quantitative estimate of drug-likeness (QED) is 0.293. The fourth-order valence-corrected chi connectivity index (χ4v) is 4.54. The molecule has 0 radical (unpaired) electrons. The highest BCUT2D eigenvalue weighted by Gasteiger charge is 2.26. The molecule has 0 spiro atoms. The average Bonchev–Trinajstić information content (AvgIpc) is 3.49. The van der Waals surface area contributed by atoms with E-state index in [0.29, 0.717) is 39.0 Å². The Labute approximate surface area is 234 Å². The summed E-state index contributed by atoms with van der Waals surface area (Å²) in [5, 5.41) is 14.6. The third kappa shape index (κ3) is 5.54. The normalized spacial score (nSPS) is 11.7. The van der Waals surface area contributed by atoms with Crippen molar-refractivity contribution in [2.24, 2.45) is 0 Å². The summed E-state index contributed by atoms with van der Waals surface area (Å²) in [6.07, 6.45) is 3.18. The molecule has 1 atom stereocenters. The van der Waals surface area contributed by atoms with Crippen LogP contribution >= 0.6 is 11.6 Å². The van der Waals surface area contributed by atoms with Gasteiger partial charge in [-0.1, -0.05) is 41.9 Å². The number of nitrogens with zero attached hydrogens (tertiary/aromatic N) is 6. The maximum absolute atomic E-state index is 13.7. The molecule has 11 nitrogen and oxygen atoms in total. The first-order chi connectivity index (χ1) is 19.3. The predicted molar refractivity (Wildman–Crippen MR) is 152 cm³/mol. The molecule has 12 heteroatoms. The maximum atomic E-state index is 13.7. The zero-order valence-electron chi connectivity index (χ0n) is 21.7. The first kappa shape index (κ1) is 26.6. The van der Waals surface area contributed by atoms with E-state index in [1.54, 1.807) is 37.3 Å². The number of tetrazole rings is 1. The molecular weight excluding hydrogens is 532 g/mol. The lowest BCUT2D eigenvalue weighted by Gasteiger charge is -2.22. The minimum absolute atomic E-state index is 0.227. The van der Waals surface area contributed by atoms with E-state index in [-0.39, 0.29) is 12.2 Å². The number of pyridine rings is 2. The molecule has 3 heterocycles. The summed E-state index contributed by atoms with van der Waals surface area (Å²) in [7, 11) is 1.48. The highest BCUT2D eigenvalue weighted by atomic mass is 35.5. The Morgan fingerprint density at radius 3 is 2.62 bits per heavy atom. The summed E-state index contributed by atoms with van der Waals surface area (Å²) >= 11 is 6.32. The highest BCUT2D eigenvalue weighted by molar-refractivity contribution is 6.31. The molecule has 0 aliphatic heterocycles. The third-order valence-electron chi connectivity index (χ3n) is 6.33. The van der Waals surface area contributed by atoms with E-state index in [9.17, 15) is 9.59 Å². The number of nitrogen functional groups attached to an aromatic ring is 1. The van der Waals surface area contributed by atoms with E-state index >= 15 is 0 Å². The van der Waals surface area contributed by atoms with Crippen molar-refractivity contribution in [2.75, 3.05) is 18.2 Å². The van der Waals surface area contributed by atoms with Crippen LogP contribution in [0.4, 0.5) is 11.5 Å². The second-order valence-electron chi connectivity index (χ2n) is 9.00. The fraction of sp³-hybridized carbons (Fsp3) is 0.143. The number of halogens is 1. The van der Waals surface area contributed by atoms with Crippen molar-refractivity contribution in [3.8, 4) is 22.6 Å². The summed E-state index contributed by atoms with van der Waals surface area (Å²) in [4.78, 5) is 31.7. The van der Waals surface area contributed by atoms with Gasteiger partial charge in [-0.25, -0.2) is 4.98 Å². The van der Waals surface area contributed by atoms with Gasteiger partial charge in [-0.3, -0.25) is 14.2 Å². The average molecular weight is 557 g/mol. The first-order valence-corrected chi connectivity index (χ1v) is 12.6. The van der Waals surface area contributed by atoms with Crippen LogP contribution in [-0.2, 0) is 11.2 Å². The molecule has 5 rings (SSSR count). The van der Waals surface area contributed by atoms with Gasteiger partial charge in [-0.2, -0.15) is 4.68 Å². The summed E-state index contributed by atoms with van der Waals surface area (Å²) in [6.45, 7) is 1.80. The Hall–Kier alpha value is -5.03. The molecule has 0 fully saturated rings. The molecule has 0 aliphatic rings. The van der Waals surface area contributed by atoms with E-state index in [2.05, 4.69) is 25.8 Å². The number of nitrogens with two attached hydrogens (primary N) is 1. The number of methoxy groups -OCH3 is 1. The van der Waals surface area contributed by atoms with Gasteiger partial charge in [0.05, 0.1) is 24.7 Å². The monoisotopic (exact) mass is 556 g/mol. The van der Waals surface area contributed by atoms with Crippen molar-refractivity contribution < 1.29 is 9.53 Å². The molecule has 3 aromatic heterocycles. The van der Waals surface area contributed by atoms with Crippen LogP contribution in [0.15, 0.2) is 84.0 Å². The van der Waals surface area contributed by atoms with Crippen LogP contribution in [0.2, 0.25) is 5.02 Å². The molecule has 1 unspecified atom stereocenters. The Kier molecular flexibility index (Phi) is 7.56. The highest BCUT2D eigenvalue weighted by Crippen LogP contribution is 2.35. The summed E-state index contributed by atoms with van der Waals surface area (Å²) in [5.74, 6) is 0.114. The van der Waals surface area contributed by atoms with Crippen molar-refractivity contribution >= 4 is 29.0 Å². The molecular formula is C28H25ClN8O3. The predicted octanol–water partition coefficient (Wildman–Crippen LogP) is 3.86. The lowest BCUT2D eigenvalue weighted by Crippen LogP contribution is -2.35. The van der Waals surface area contributed by atoms with E-state index < -0.39 is 17.5 Å². The fourth-order valence-electron chi connectivity index (χ4n) is 4.36. The molecule has 1 amide bonds. The SMILES string of the molecule is COc1cn(C(Cc2ccccc2)C(=O)Nc2nc(C)ccc2N)c(=O)cc1-c1cc(Cl)ccc1-n1cnnn1. The van der Waals surface area contributed by atoms with Gasteiger partial charge < -0.3 is 15.8 Å². The minimum atomic E-state index is -0.946. The van der Waals surface area contributed by atoms with Crippen LogP contribution < -0.4 is 21.3 Å². The van der Waals surface area contributed by atoms with Crippen LogP contribution in [0, 0.1) is 6.92 Å². The number of rotatable bonds is 8. The number of ether oxygens (including phenoxy) is 1. The van der Waals surface area contributed by atoms with E-state index in [4.69, 9.17) is 22.1 Å².